The van der Waals surface area contributed by atoms with Crippen LogP contribution in [0.1, 0.15) is 43.6 Å². The summed E-state index contributed by atoms with van der Waals surface area (Å²) >= 11 is 0. The van der Waals surface area contributed by atoms with Gasteiger partial charge in [-0.15, -0.1) is 0 Å². The number of rotatable bonds is 0. The Bertz CT molecular complexity index is 497. The molecule has 0 fully saturated rings. The molecule has 104 valence electrons. The fraction of sp³-hybridized carbons (Fsp3) is 0.429. The average molecular weight is 265 g/mol. The normalized spacial score (nSPS) is 21.0. The highest BCUT2D eigenvalue weighted by Crippen LogP contribution is 2.46. The number of aliphatic carboxylic acids is 1. The van der Waals surface area contributed by atoms with E-state index in [0.717, 1.165) is 6.92 Å². The Balaban J connectivity index is 0.000000399. The molecule has 1 atom stereocenters. The van der Waals surface area contributed by atoms with Gasteiger partial charge in [-0.1, -0.05) is 39.0 Å². The number of cyclic esters (lactones) is 1. The van der Waals surface area contributed by atoms with Crippen LogP contribution in [-0.2, 0) is 15.3 Å². The highest BCUT2D eigenvalue weighted by atomic mass is 16.7. The minimum atomic E-state index is -1.51. The Morgan fingerprint density at radius 2 is 1.79 bits per heavy atom. The average Bonchev–Trinajstić information content (AvgIpc) is 2.52. The van der Waals surface area contributed by atoms with Gasteiger partial charge in [0, 0.05) is 16.9 Å². The molecule has 0 aliphatic carbocycles. The van der Waals surface area contributed by atoms with E-state index in [1.54, 1.807) is 24.3 Å². The summed E-state index contributed by atoms with van der Waals surface area (Å²) < 4.78 is 5.10. The van der Waals surface area contributed by atoms with Gasteiger partial charge in [-0.05, 0) is 13.0 Å². The van der Waals surface area contributed by atoms with Crippen LogP contribution < -0.4 is 5.11 Å². The summed E-state index contributed by atoms with van der Waals surface area (Å²) in [5, 5.41) is 19.3. The predicted molar refractivity (Wildman–Crippen MR) is 65.9 cm³/mol. The molecule has 0 saturated heterocycles. The number of benzene rings is 1. The second-order valence-corrected chi connectivity index (χ2v) is 5.32. The van der Waals surface area contributed by atoms with Crippen molar-refractivity contribution in [1.82, 2.24) is 0 Å². The maximum Gasteiger partial charge on any atom is 0.341 e. The first-order chi connectivity index (χ1) is 8.59. The van der Waals surface area contributed by atoms with Crippen molar-refractivity contribution >= 4 is 11.9 Å². The number of ether oxygens (including phenoxy) is 1. The van der Waals surface area contributed by atoms with Gasteiger partial charge in [-0.2, -0.15) is 0 Å². The molecule has 5 nitrogen and oxygen atoms in total. The maximum absolute atomic E-state index is 11.5. The van der Waals surface area contributed by atoms with E-state index in [2.05, 4.69) is 0 Å². The van der Waals surface area contributed by atoms with Gasteiger partial charge in [0.2, 0.25) is 5.79 Å². The third kappa shape index (κ3) is 2.93. The molecule has 0 bridgehead atoms. The number of carboxylic acid groups (broad SMARTS) is 1. The number of hydrogen-bond donors (Lipinski definition) is 1. The number of carboxylic acids is 1. The molecule has 2 rings (SSSR count). The highest BCUT2D eigenvalue weighted by Gasteiger charge is 2.52. The lowest BCUT2D eigenvalue weighted by Crippen LogP contribution is -2.40. The number of carbonyl (C=O) groups excluding carboxylic acids is 2. The van der Waals surface area contributed by atoms with Crippen LogP contribution >= 0.6 is 0 Å². The molecule has 1 heterocycles. The number of esters is 1. The van der Waals surface area contributed by atoms with E-state index in [1.165, 1.54) is 0 Å². The number of carbonyl (C=O) groups is 2. The number of aliphatic hydroxyl groups is 1. The molecule has 1 aliphatic rings. The van der Waals surface area contributed by atoms with Gasteiger partial charge in [0.15, 0.2) is 0 Å². The van der Waals surface area contributed by atoms with Gasteiger partial charge in [-0.3, -0.25) is 0 Å². The van der Waals surface area contributed by atoms with E-state index < -0.39 is 23.1 Å². The Kier molecular flexibility index (Phi) is 4.00. The Morgan fingerprint density at radius 1 is 1.32 bits per heavy atom. The summed E-state index contributed by atoms with van der Waals surface area (Å²) in [6.07, 6.45) is 0. The van der Waals surface area contributed by atoms with Gasteiger partial charge in [0.1, 0.15) is 0 Å². The molecule has 0 amide bonds. The van der Waals surface area contributed by atoms with Gasteiger partial charge >= 0.3 is 5.97 Å². The van der Waals surface area contributed by atoms with Crippen molar-refractivity contribution in [2.75, 3.05) is 0 Å². The quantitative estimate of drug-likeness (QED) is 0.701. The zero-order chi connectivity index (χ0) is 14.8. The van der Waals surface area contributed by atoms with Crippen molar-refractivity contribution in [3.05, 3.63) is 35.4 Å². The van der Waals surface area contributed by atoms with Crippen LogP contribution in [-0.4, -0.2) is 17.0 Å². The molecule has 1 aromatic carbocycles. The summed E-state index contributed by atoms with van der Waals surface area (Å²) in [7, 11) is 0. The molecular formula is C14H17O5-. The van der Waals surface area contributed by atoms with Crippen molar-refractivity contribution in [3.8, 4) is 0 Å². The first kappa shape index (κ1) is 15.2. The monoisotopic (exact) mass is 265 g/mol. The number of hydrogen-bond acceptors (Lipinski definition) is 5. The van der Waals surface area contributed by atoms with Crippen LogP contribution in [0.4, 0.5) is 0 Å². The van der Waals surface area contributed by atoms with Crippen LogP contribution in [0.5, 0.6) is 0 Å². The van der Waals surface area contributed by atoms with Crippen LogP contribution in [0.3, 0.4) is 0 Å². The Morgan fingerprint density at radius 3 is 2.26 bits per heavy atom. The molecule has 0 spiro atoms. The standard InChI is InChI=1S/C12H14O3.C2H4O2/c1-11(2,3)12(14)9-7-5-4-6-8(9)10(13)15-12;1-2(3)4/h4-7,14H,1-3H3;1H3,(H,3,4)/p-1. The minimum absolute atomic E-state index is 0.454. The predicted octanol–water partition coefficient (Wildman–Crippen LogP) is 0.804. The number of fused-ring (bicyclic) bond motifs is 1. The molecule has 1 N–H and O–H groups in total. The minimum Gasteiger partial charge on any atom is -0.550 e. The fourth-order valence-corrected chi connectivity index (χ4v) is 1.76. The summed E-state index contributed by atoms with van der Waals surface area (Å²) in [5.41, 5.74) is 0.465. The van der Waals surface area contributed by atoms with Gasteiger partial charge < -0.3 is 19.7 Å². The van der Waals surface area contributed by atoms with Crippen molar-refractivity contribution in [2.24, 2.45) is 5.41 Å². The summed E-state index contributed by atoms with van der Waals surface area (Å²) in [6, 6.07) is 6.94. The largest absolute Gasteiger partial charge is 0.550 e. The molecule has 0 aromatic heterocycles. The van der Waals surface area contributed by atoms with Crippen LogP contribution in [0, 0.1) is 5.41 Å². The second-order valence-electron chi connectivity index (χ2n) is 5.32. The third-order valence-corrected chi connectivity index (χ3v) is 2.77. The molecular weight excluding hydrogens is 248 g/mol. The lowest BCUT2D eigenvalue weighted by Gasteiger charge is -2.35. The summed E-state index contributed by atoms with van der Waals surface area (Å²) in [6.45, 7) is 6.48. The van der Waals surface area contributed by atoms with E-state index in [1.807, 2.05) is 20.8 Å². The summed E-state index contributed by atoms with van der Waals surface area (Å²) in [4.78, 5) is 20.4. The van der Waals surface area contributed by atoms with E-state index in [-0.39, 0.29) is 0 Å². The highest BCUT2D eigenvalue weighted by molar-refractivity contribution is 5.94. The smallest absolute Gasteiger partial charge is 0.341 e. The summed E-state index contributed by atoms with van der Waals surface area (Å²) in [5.74, 6) is -3.05. The maximum atomic E-state index is 11.5. The van der Waals surface area contributed by atoms with Crippen molar-refractivity contribution in [2.45, 2.75) is 33.5 Å². The second kappa shape index (κ2) is 5.01. The lowest BCUT2D eigenvalue weighted by molar-refractivity contribution is -0.302. The molecule has 1 unspecified atom stereocenters. The topological polar surface area (TPSA) is 86.7 Å². The molecule has 5 heteroatoms. The molecule has 19 heavy (non-hydrogen) atoms. The van der Waals surface area contributed by atoms with Gasteiger partial charge in [0.05, 0.1) is 5.56 Å². The lowest BCUT2D eigenvalue weighted by atomic mass is 9.81. The van der Waals surface area contributed by atoms with Crippen molar-refractivity contribution in [1.29, 1.82) is 0 Å². The van der Waals surface area contributed by atoms with E-state index in [4.69, 9.17) is 14.6 Å². The van der Waals surface area contributed by atoms with Crippen LogP contribution in [0.15, 0.2) is 24.3 Å². The molecule has 1 aromatic rings. The van der Waals surface area contributed by atoms with Crippen LogP contribution in [0.25, 0.3) is 0 Å². The third-order valence-electron chi connectivity index (χ3n) is 2.77. The fourth-order valence-electron chi connectivity index (χ4n) is 1.76. The Labute approximate surface area is 111 Å². The zero-order valence-electron chi connectivity index (χ0n) is 11.4. The van der Waals surface area contributed by atoms with E-state index in [0.29, 0.717) is 11.1 Å². The molecule has 0 radical (unpaired) electrons. The first-order valence-corrected chi connectivity index (χ1v) is 5.82. The van der Waals surface area contributed by atoms with Gasteiger partial charge in [-0.25, -0.2) is 4.79 Å². The van der Waals surface area contributed by atoms with Crippen LogP contribution in [0.2, 0.25) is 0 Å². The Hall–Kier alpha value is -1.88. The van der Waals surface area contributed by atoms with Crippen molar-refractivity contribution < 1.29 is 24.5 Å². The van der Waals surface area contributed by atoms with Gasteiger partial charge in [0.25, 0.3) is 0 Å². The molecule has 0 saturated carbocycles. The first-order valence-electron chi connectivity index (χ1n) is 5.82. The molecule has 1 aliphatic heterocycles. The van der Waals surface area contributed by atoms with E-state index in [9.17, 15) is 9.90 Å². The van der Waals surface area contributed by atoms with Crippen molar-refractivity contribution in [3.63, 3.8) is 0 Å². The van der Waals surface area contributed by atoms with E-state index >= 15 is 0 Å². The zero-order valence-corrected chi connectivity index (χ0v) is 11.4. The SMILES string of the molecule is CC(=O)[O-].CC(C)(C)C1(O)OC(=O)c2ccccc21.